The number of amides is 2. The van der Waals surface area contributed by atoms with Gasteiger partial charge in [0.1, 0.15) is 5.75 Å². The van der Waals surface area contributed by atoms with Crippen LogP contribution in [0.15, 0.2) is 60.7 Å². The first-order valence-corrected chi connectivity index (χ1v) is 11.9. The Hall–Kier alpha value is -4.53. The van der Waals surface area contributed by atoms with Gasteiger partial charge in [-0.2, -0.15) is 0 Å². The zero-order valence-electron chi connectivity index (χ0n) is 21.3. The number of hydrogen-bond acceptors (Lipinski definition) is 7. The molecule has 0 aliphatic carbocycles. The highest BCUT2D eigenvalue weighted by atomic mass is 16.5. The molecular weight excluding hydrogens is 476 g/mol. The molecule has 0 aliphatic rings. The molecule has 3 aromatic carbocycles. The number of benzene rings is 3. The summed E-state index contributed by atoms with van der Waals surface area (Å²) in [5, 5.41) is 5.61. The van der Waals surface area contributed by atoms with Crippen LogP contribution in [-0.2, 0) is 4.79 Å². The maximum Gasteiger partial charge on any atom is 0.308 e. The highest BCUT2D eigenvalue weighted by Gasteiger charge is 2.19. The van der Waals surface area contributed by atoms with E-state index in [2.05, 4.69) is 10.6 Å². The topological polar surface area (TPSA) is 112 Å². The number of nitrogens with one attached hydrogen (secondary N) is 2. The predicted octanol–water partition coefficient (Wildman–Crippen LogP) is 5.31. The molecule has 0 bridgehead atoms. The van der Waals surface area contributed by atoms with Gasteiger partial charge in [0.05, 0.1) is 19.8 Å². The number of carbonyl (C=O) groups is 3. The van der Waals surface area contributed by atoms with Crippen LogP contribution < -0.4 is 29.6 Å². The smallest absolute Gasteiger partial charge is 0.308 e. The van der Waals surface area contributed by atoms with Gasteiger partial charge in [-0.15, -0.1) is 0 Å². The normalized spacial score (nSPS) is 10.3. The largest absolute Gasteiger partial charge is 0.490 e. The van der Waals surface area contributed by atoms with Crippen molar-refractivity contribution in [2.45, 2.75) is 27.7 Å². The van der Waals surface area contributed by atoms with E-state index in [0.29, 0.717) is 59.6 Å². The minimum absolute atomic E-state index is 0.273. The number of anilines is 2. The van der Waals surface area contributed by atoms with E-state index in [1.165, 1.54) is 13.0 Å². The van der Waals surface area contributed by atoms with Crippen LogP contribution in [0.1, 0.15) is 48.4 Å². The standard InChI is InChI=1S/C28H30N2O7/c1-5-34-24-15-20(16-25(35-6-2)26(24)36-7-3)28(33)30-22-12-9-11-21(17-22)29-27(32)19-10-8-13-23(14-19)37-18(4)31/h8-17H,5-7H2,1-4H3,(H,29,32)(H,30,33). The first-order chi connectivity index (χ1) is 17.8. The maximum atomic E-state index is 13.1. The van der Waals surface area contributed by atoms with Gasteiger partial charge in [0, 0.05) is 29.4 Å². The molecule has 2 amide bonds. The van der Waals surface area contributed by atoms with Gasteiger partial charge in [0.25, 0.3) is 11.8 Å². The highest BCUT2D eigenvalue weighted by Crippen LogP contribution is 2.39. The van der Waals surface area contributed by atoms with Crippen molar-refractivity contribution in [2.24, 2.45) is 0 Å². The van der Waals surface area contributed by atoms with E-state index in [-0.39, 0.29) is 11.7 Å². The quantitative estimate of drug-likeness (QED) is 0.268. The number of esters is 1. The Bertz CT molecular complexity index is 1250. The van der Waals surface area contributed by atoms with Crippen molar-refractivity contribution in [3.63, 3.8) is 0 Å². The van der Waals surface area contributed by atoms with Crippen LogP contribution in [0.2, 0.25) is 0 Å². The Morgan fingerprint density at radius 2 is 1.22 bits per heavy atom. The van der Waals surface area contributed by atoms with E-state index < -0.39 is 11.9 Å². The minimum atomic E-state index is -0.477. The fourth-order valence-corrected chi connectivity index (χ4v) is 3.47. The molecule has 3 rings (SSSR count). The summed E-state index contributed by atoms with van der Waals surface area (Å²) >= 11 is 0. The van der Waals surface area contributed by atoms with Crippen LogP contribution in [0.3, 0.4) is 0 Å². The molecule has 0 spiro atoms. The van der Waals surface area contributed by atoms with E-state index in [0.717, 1.165) is 0 Å². The fourth-order valence-electron chi connectivity index (χ4n) is 3.47. The molecule has 0 aromatic heterocycles. The molecule has 0 atom stereocenters. The lowest BCUT2D eigenvalue weighted by Gasteiger charge is -2.17. The average molecular weight is 507 g/mol. The van der Waals surface area contributed by atoms with Crippen LogP contribution in [-0.4, -0.2) is 37.6 Å². The molecule has 0 saturated carbocycles. The number of hydrogen-bond donors (Lipinski definition) is 2. The summed E-state index contributed by atoms with van der Waals surface area (Å²) in [5.74, 6) is 0.291. The van der Waals surface area contributed by atoms with Gasteiger partial charge in [-0.05, 0) is 69.3 Å². The lowest BCUT2D eigenvalue weighted by atomic mass is 10.1. The van der Waals surface area contributed by atoms with Crippen LogP contribution in [0.5, 0.6) is 23.0 Å². The average Bonchev–Trinajstić information content (AvgIpc) is 2.86. The molecule has 37 heavy (non-hydrogen) atoms. The molecule has 0 saturated heterocycles. The summed E-state index contributed by atoms with van der Waals surface area (Å²) in [6, 6.07) is 16.2. The molecule has 3 aromatic rings. The van der Waals surface area contributed by atoms with Crippen LogP contribution in [0, 0.1) is 0 Å². The van der Waals surface area contributed by atoms with Crippen molar-refractivity contribution in [1.82, 2.24) is 0 Å². The van der Waals surface area contributed by atoms with Gasteiger partial charge in [-0.3, -0.25) is 14.4 Å². The molecule has 2 N–H and O–H groups in total. The molecule has 0 radical (unpaired) electrons. The Kier molecular flexibility index (Phi) is 9.48. The van der Waals surface area contributed by atoms with Crippen molar-refractivity contribution >= 4 is 29.2 Å². The Morgan fingerprint density at radius 3 is 1.76 bits per heavy atom. The Labute approximate surface area is 215 Å². The van der Waals surface area contributed by atoms with Crippen molar-refractivity contribution in [1.29, 1.82) is 0 Å². The summed E-state index contributed by atoms with van der Waals surface area (Å²) in [5.41, 5.74) is 1.58. The molecule has 0 heterocycles. The van der Waals surface area contributed by atoms with Crippen molar-refractivity contribution < 1.29 is 33.3 Å². The Balaban J connectivity index is 1.78. The maximum absolute atomic E-state index is 13.1. The highest BCUT2D eigenvalue weighted by molar-refractivity contribution is 6.07. The van der Waals surface area contributed by atoms with E-state index in [1.807, 2.05) is 20.8 Å². The SMILES string of the molecule is CCOc1cc(C(=O)Nc2cccc(NC(=O)c3cccc(OC(C)=O)c3)c2)cc(OCC)c1OCC. The van der Waals surface area contributed by atoms with E-state index >= 15 is 0 Å². The molecular formula is C28H30N2O7. The van der Waals surface area contributed by atoms with Crippen molar-refractivity contribution in [3.8, 4) is 23.0 Å². The third-order valence-corrected chi connectivity index (χ3v) is 4.91. The minimum Gasteiger partial charge on any atom is -0.490 e. The molecule has 0 aliphatic heterocycles. The summed E-state index contributed by atoms with van der Waals surface area (Å²) in [6.45, 7) is 8.02. The zero-order valence-corrected chi connectivity index (χ0v) is 21.3. The molecule has 9 heteroatoms. The van der Waals surface area contributed by atoms with Crippen LogP contribution in [0.4, 0.5) is 11.4 Å². The monoisotopic (exact) mass is 506 g/mol. The summed E-state index contributed by atoms with van der Waals surface area (Å²) < 4.78 is 22.1. The first-order valence-electron chi connectivity index (χ1n) is 11.9. The second-order valence-electron chi connectivity index (χ2n) is 7.71. The van der Waals surface area contributed by atoms with Crippen molar-refractivity contribution in [3.05, 3.63) is 71.8 Å². The first kappa shape index (κ1) is 27.1. The van der Waals surface area contributed by atoms with Crippen molar-refractivity contribution in [2.75, 3.05) is 30.5 Å². The van der Waals surface area contributed by atoms with E-state index in [1.54, 1.807) is 54.6 Å². The van der Waals surface area contributed by atoms with Gasteiger partial charge in [0.2, 0.25) is 5.75 Å². The van der Waals surface area contributed by atoms with Gasteiger partial charge in [0.15, 0.2) is 11.5 Å². The van der Waals surface area contributed by atoms with Gasteiger partial charge in [-0.25, -0.2) is 0 Å². The molecule has 0 unspecified atom stereocenters. The number of ether oxygens (including phenoxy) is 4. The summed E-state index contributed by atoms with van der Waals surface area (Å²) in [7, 11) is 0. The van der Waals surface area contributed by atoms with Gasteiger partial charge < -0.3 is 29.6 Å². The lowest BCUT2D eigenvalue weighted by molar-refractivity contribution is -0.131. The van der Waals surface area contributed by atoms with Crippen LogP contribution in [0.25, 0.3) is 0 Å². The molecule has 9 nitrogen and oxygen atoms in total. The van der Waals surface area contributed by atoms with E-state index in [4.69, 9.17) is 18.9 Å². The number of carbonyl (C=O) groups excluding carboxylic acids is 3. The lowest BCUT2D eigenvalue weighted by Crippen LogP contribution is -2.15. The summed E-state index contributed by atoms with van der Waals surface area (Å²) in [6.07, 6.45) is 0. The molecule has 0 fully saturated rings. The molecule has 194 valence electrons. The predicted molar refractivity (Wildman–Crippen MR) is 140 cm³/mol. The fraction of sp³-hybridized carbons (Fsp3) is 0.250. The second kappa shape index (κ2) is 13.0. The van der Waals surface area contributed by atoms with Gasteiger partial charge >= 0.3 is 5.97 Å². The van der Waals surface area contributed by atoms with Crippen LogP contribution >= 0.6 is 0 Å². The van der Waals surface area contributed by atoms with E-state index in [9.17, 15) is 14.4 Å². The third-order valence-electron chi connectivity index (χ3n) is 4.91. The Morgan fingerprint density at radius 1 is 0.676 bits per heavy atom. The zero-order chi connectivity index (χ0) is 26.8. The number of rotatable bonds is 11. The summed E-state index contributed by atoms with van der Waals surface area (Å²) in [4.78, 5) is 37.0. The van der Waals surface area contributed by atoms with Gasteiger partial charge in [-0.1, -0.05) is 12.1 Å². The third kappa shape index (κ3) is 7.47. The second-order valence-corrected chi connectivity index (χ2v) is 7.71.